The molecule has 0 bridgehead atoms. The lowest BCUT2D eigenvalue weighted by Crippen LogP contribution is -2.41. The van der Waals surface area contributed by atoms with Crippen LogP contribution >= 0.6 is 11.6 Å². The Hall–Kier alpha value is -1.22. The first kappa shape index (κ1) is 13.2. The minimum atomic E-state index is 0.156. The van der Waals surface area contributed by atoms with E-state index in [4.69, 9.17) is 16.3 Å². The second-order valence-corrected chi connectivity index (χ2v) is 4.83. The van der Waals surface area contributed by atoms with Gasteiger partial charge >= 0.3 is 0 Å². The number of nitrogens with zero attached hydrogens (tertiary/aromatic N) is 1. The minimum absolute atomic E-state index is 0.156. The summed E-state index contributed by atoms with van der Waals surface area (Å²) < 4.78 is 5.88. The van der Waals surface area contributed by atoms with Crippen molar-refractivity contribution in [1.82, 2.24) is 4.90 Å². The van der Waals surface area contributed by atoms with Gasteiger partial charge in [0.05, 0.1) is 0 Å². The van der Waals surface area contributed by atoms with Crippen LogP contribution in [0.25, 0.3) is 0 Å². The highest BCUT2D eigenvalue weighted by atomic mass is 35.5. The topological polar surface area (TPSA) is 29.5 Å². The van der Waals surface area contributed by atoms with Gasteiger partial charge < -0.3 is 9.64 Å². The molecule has 1 aliphatic heterocycles. The number of hydrogen-bond acceptors (Lipinski definition) is 2. The molecular weight excluding hydrogens is 250 g/mol. The zero-order valence-corrected chi connectivity index (χ0v) is 11.1. The Morgan fingerprint density at radius 3 is 2.56 bits per heavy atom. The first-order valence-electron chi connectivity index (χ1n) is 6.35. The van der Waals surface area contributed by atoms with E-state index in [-0.39, 0.29) is 12.0 Å². The Morgan fingerprint density at radius 2 is 1.94 bits per heavy atom. The molecule has 1 amide bonds. The van der Waals surface area contributed by atoms with Crippen LogP contribution < -0.4 is 4.74 Å². The Labute approximate surface area is 113 Å². The first-order chi connectivity index (χ1) is 8.79. The van der Waals surface area contributed by atoms with Crippen LogP contribution in [0.2, 0.25) is 0 Å². The van der Waals surface area contributed by atoms with Crippen molar-refractivity contribution in [2.24, 2.45) is 0 Å². The third kappa shape index (κ3) is 3.64. The van der Waals surface area contributed by atoms with E-state index in [2.05, 4.69) is 0 Å². The van der Waals surface area contributed by atoms with E-state index < -0.39 is 0 Å². The van der Waals surface area contributed by atoms with Crippen molar-refractivity contribution in [3.05, 3.63) is 30.3 Å². The van der Waals surface area contributed by atoms with Gasteiger partial charge in [-0.15, -0.1) is 11.6 Å². The van der Waals surface area contributed by atoms with Gasteiger partial charge in [0.1, 0.15) is 11.9 Å². The van der Waals surface area contributed by atoms with Gasteiger partial charge in [-0.05, 0) is 12.1 Å². The second kappa shape index (κ2) is 6.64. The summed E-state index contributed by atoms with van der Waals surface area (Å²) >= 11 is 5.58. The molecule has 1 aliphatic rings. The maximum Gasteiger partial charge on any atom is 0.223 e. The molecular formula is C14H18ClNO2. The molecule has 0 aliphatic carbocycles. The van der Waals surface area contributed by atoms with Crippen LogP contribution in [0, 0.1) is 0 Å². The van der Waals surface area contributed by atoms with Crippen molar-refractivity contribution in [3.63, 3.8) is 0 Å². The molecule has 1 aromatic rings. The lowest BCUT2D eigenvalue weighted by molar-refractivity contribution is -0.132. The second-order valence-electron chi connectivity index (χ2n) is 4.45. The summed E-state index contributed by atoms with van der Waals surface area (Å²) in [6.45, 7) is 1.54. The first-order valence-corrected chi connectivity index (χ1v) is 6.88. The number of carbonyl (C=O) groups excluding carboxylic acids is 1. The lowest BCUT2D eigenvalue weighted by atomic mass is 10.1. The van der Waals surface area contributed by atoms with Crippen LogP contribution in [0.1, 0.15) is 19.3 Å². The molecule has 0 unspecified atom stereocenters. The number of likely N-dealkylation sites (tertiary alicyclic amines) is 1. The molecule has 1 saturated heterocycles. The molecule has 1 heterocycles. The third-order valence-electron chi connectivity index (χ3n) is 3.15. The highest BCUT2D eigenvalue weighted by Gasteiger charge is 2.23. The van der Waals surface area contributed by atoms with Crippen molar-refractivity contribution in [3.8, 4) is 5.75 Å². The minimum Gasteiger partial charge on any atom is -0.490 e. The maximum absolute atomic E-state index is 11.7. The number of para-hydroxylation sites is 1. The smallest absolute Gasteiger partial charge is 0.223 e. The van der Waals surface area contributed by atoms with E-state index in [0.717, 1.165) is 31.7 Å². The Kier molecular flexibility index (Phi) is 4.88. The molecule has 0 aromatic heterocycles. The van der Waals surface area contributed by atoms with E-state index >= 15 is 0 Å². The van der Waals surface area contributed by atoms with Crippen LogP contribution in [-0.2, 0) is 4.79 Å². The maximum atomic E-state index is 11.7. The van der Waals surface area contributed by atoms with Crippen LogP contribution in [-0.4, -0.2) is 35.9 Å². The number of piperidine rings is 1. The molecule has 1 fully saturated rings. The molecule has 0 spiro atoms. The summed E-state index contributed by atoms with van der Waals surface area (Å²) in [7, 11) is 0. The van der Waals surface area contributed by atoms with Gasteiger partial charge in [0.25, 0.3) is 0 Å². The summed E-state index contributed by atoms with van der Waals surface area (Å²) in [5.74, 6) is 1.46. The van der Waals surface area contributed by atoms with Crippen molar-refractivity contribution in [1.29, 1.82) is 0 Å². The fourth-order valence-electron chi connectivity index (χ4n) is 2.15. The molecule has 0 radical (unpaired) electrons. The summed E-state index contributed by atoms with van der Waals surface area (Å²) in [6, 6.07) is 9.83. The molecule has 1 aromatic carbocycles. The van der Waals surface area contributed by atoms with Crippen LogP contribution in [0.3, 0.4) is 0 Å². The molecule has 0 atom stereocenters. The molecule has 3 nitrogen and oxygen atoms in total. The molecule has 4 heteroatoms. The summed E-state index contributed by atoms with van der Waals surface area (Å²) in [6.07, 6.45) is 2.44. The molecule has 18 heavy (non-hydrogen) atoms. The van der Waals surface area contributed by atoms with E-state index in [1.807, 2.05) is 35.2 Å². The van der Waals surface area contributed by atoms with Crippen molar-refractivity contribution in [2.75, 3.05) is 19.0 Å². The number of halogens is 1. The van der Waals surface area contributed by atoms with Gasteiger partial charge in [-0.3, -0.25) is 4.79 Å². The number of ether oxygens (including phenoxy) is 1. The average Bonchev–Trinajstić information content (AvgIpc) is 2.41. The highest BCUT2D eigenvalue weighted by molar-refractivity contribution is 6.18. The largest absolute Gasteiger partial charge is 0.490 e. The third-order valence-corrected chi connectivity index (χ3v) is 3.34. The number of carbonyl (C=O) groups is 1. The van der Waals surface area contributed by atoms with Crippen molar-refractivity contribution in [2.45, 2.75) is 25.4 Å². The standard InChI is InChI=1S/C14H18ClNO2/c15-9-6-14(17)16-10-7-13(8-11-16)18-12-4-2-1-3-5-12/h1-5,13H,6-11H2. The summed E-state index contributed by atoms with van der Waals surface area (Å²) in [5.41, 5.74) is 0. The lowest BCUT2D eigenvalue weighted by Gasteiger charge is -2.32. The Bertz CT molecular complexity index is 375. The van der Waals surface area contributed by atoms with Crippen LogP contribution in [0.4, 0.5) is 0 Å². The van der Waals surface area contributed by atoms with Gasteiger partial charge in [-0.25, -0.2) is 0 Å². The SMILES string of the molecule is O=C(CCCl)N1CCC(Oc2ccccc2)CC1. The number of hydrogen-bond donors (Lipinski definition) is 0. The molecule has 2 rings (SSSR count). The summed E-state index contributed by atoms with van der Waals surface area (Å²) in [4.78, 5) is 13.5. The van der Waals surface area contributed by atoms with E-state index in [0.29, 0.717) is 12.3 Å². The predicted octanol–water partition coefficient (Wildman–Crippen LogP) is 2.69. The number of alkyl halides is 1. The molecule has 0 saturated carbocycles. The molecule has 0 N–H and O–H groups in total. The van der Waals surface area contributed by atoms with Crippen molar-refractivity contribution >= 4 is 17.5 Å². The quantitative estimate of drug-likeness (QED) is 0.785. The van der Waals surface area contributed by atoms with Gasteiger partial charge in [0.15, 0.2) is 0 Å². The fraction of sp³-hybridized carbons (Fsp3) is 0.500. The van der Waals surface area contributed by atoms with Crippen LogP contribution in [0.5, 0.6) is 5.75 Å². The zero-order valence-electron chi connectivity index (χ0n) is 10.3. The number of amides is 1. The zero-order chi connectivity index (χ0) is 12.8. The van der Waals surface area contributed by atoms with Crippen molar-refractivity contribution < 1.29 is 9.53 Å². The highest BCUT2D eigenvalue weighted by Crippen LogP contribution is 2.18. The van der Waals surface area contributed by atoms with E-state index in [1.165, 1.54) is 0 Å². The number of rotatable bonds is 4. The van der Waals surface area contributed by atoms with E-state index in [9.17, 15) is 4.79 Å². The van der Waals surface area contributed by atoms with Gasteiger partial charge in [-0.1, -0.05) is 18.2 Å². The van der Waals surface area contributed by atoms with Gasteiger partial charge in [0, 0.05) is 38.2 Å². The monoisotopic (exact) mass is 267 g/mol. The van der Waals surface area contributed by atoms with Gasteiger partial charge in [-0.2, -0.15) is 0 Å². The molecule has 98 valence electrons. The number of benzene rings is 1. The Morgan fingerprint density at radius 1 is 1.28 bits per heavy atom. The fourth-order valence-corrected chi connectivity index (χ4v) is 2.32. The summed E-state index contributed by atoms with van der Waals surface area (Å²) in [5, 5.41) is 0. The van der Waals surface area contributed by atoms with Gasteiger partial charge in [0.2, 0.25) is 5.91 Å². The normalized spacial score (nSPS) is 16.6. The predicted molar refractivity (Wildman–Crippen MR) is 72.0 cm³/mol. The van der Waals surface area contributed by atoms with E-state index in [1.54, 1.807) is 0 Å². The van der Waals surface area contributed by atoms with Crippen LogP contribution in [0.15, 0.2) is 30.3 Å². The average molecular weight is 268 g/mol. The Balaban J connectivity index is 1.78.